The van der Waals surface area contributed by atoms with E-state index in [1.807, 2.05) is 19.1 Å². The monoisotopic (exact) mass is 538 g/mol. The molecule has 0 fully saturated rings. The quantitative estimate of drug-likeness (QED) is 0.210. The summed E-state index contributed by atoms with van der Waals surface area (Å²) >= 11 is 0. The van der Waals surface area contributed by atoms with Gasteiger partial charge >= 0.3 is 6.11 Å². The van der Waals surface area contributed by atoms with Crippen molar-refractivity contribution in [3.63, 3.8) is 0 Å². The lowest BCUT2D eigenvalue weighted by atomic mass is 9.98. The van der Waals surface area contributed by atoms with E-state index in [9.17, 15) is 35.1 Å². The second kappa shape index (κ2) is 10.7. The predicted octanol–water partition coefficient (Wildman–Crippen LogP) is 8.50. The Balaban J connectivity index is 1.63. The summed E-state index contributed by atoms with van der Waals surface area (Å²) in [6.45, 7) is 0.125. The smallest absolute Gasteiger partial charge is 0.432 e. The third-order valence-electron chi connectivity index (χ3n) is 5.54. The molecule has 198 valence electrons. The Bertz CT molecular complexity index is 1420. The third kappa shape index (κ3) is 5.58. The summed E-state index contributed by atoms with van der Waals surface area (Å²) in [4.78, 5) is 0. The molecule has 0 unspecified atom stereocenters. The molecule has 4 rings (SSSR count). The van der Waals surface area contributed by atoms with E-state index >= 15 is 0 Å². The van der Waals surface area contributed by atoms with Gasteiger partial charge in [-0.15, -0.1) is 0 Å². The zero-order valence-electron chi connectivity index (χ0n) is 19.6. The van der Waals surface area contributed by atoms with Gasteiger partial charge in [0.05, 0.1) is 0 Å². The van der Waals surface area contributed by atoms with Crippen molar-refractivity contribution in [1.82, 2.24) is 0 Å². The Morgan fingerprint density at radius 3 is 1.76 bits per heavy atom. The van der Waals surface area contributed by atoms with Gasteiger partial charge in [-0.3, -0.25) is 0 Å². The fourth-order valence-corrected chi connectivity index (χ4v) is 3.75. The minimum Gasteiger partial charge on any atom is -0.485 e. The van der Waals surface area contributed by atoms with Gasteiger partial charge in [0.25, 0.3) is 0 Å². The van der Waals surface area contributed by atoms with Gasteiger partial charge in [0.1, 0.15) is 42.0 Å². The summed E-state index contributed by atoms with van der Waals surface area (Å²) in [5, 5.41) is 0. The first-order valence-corrected chi connectivity index (χ1v) is 11.1. The zero-order chi connectivity index (χ0) is 27.6. The van der Waals surface area contributed by atoms with Crippen LogP contribution >= 0.6 is 0 Å². The molecule has 10 heteroatoms. The normalized spacial score (nSPS) is 11.5. The van der Waals surface area contributed by atoms with Crippen molar-refractivity contribution in [3.05, 3.63) is 107 Å². The molecule has 0 spiro atoms. The molecule has 0 atom stereocenters. The number of hydrogen-bond donors (Lipinski definition) is 0. The van der Waals surface area contributed by atoms with Crippen LogP contribution in [0.2, 0.25) is 0 Å². The van der Waals surface area contributed by atoms with Gasteiger partial charge in [-0.2, -0.15) is 8.78 Å². The molecule has 0 saturated heterocycles. The molecule has 4 aromatic carbocycles. The maximum Gasteiger partial charge on any atom is 0.432 e. The lowest BCUT2D eigenvalue weighted by molar-refractivity contribution is -0.189. The number of aryl methyl sites for hydroxylation is 1. The number of rotatable bonds is 8. The first-order chi connectivity index (χ1) is 18.0. The van der Waals surface area contributed by atoms with Crippen molar-refractivity contribution in [2.24, 2.45) is 0 Å². The highest BCUT2D eigenvalue weighted by molar-refractivity contribution is 5.71. The van der Waals surface area contributed by atoms with Crippen LogP contribution in [0.5, 0.6) is 11.5 Å². The highest BCUT2D eigenvalue weighted by atomic mass is 19.3. The van der Waals surface area contributed by atoms with Crippen molar-refractivity contribution in [1.29, 1.82) is 0 Å². The summed E-state index contributed by atoms with van der Waals surface area (Å²) in [7, 11) is 0. The molecule has 0 aliphatic rings. The summed E-state index contributed by atoms with van der Waals surface area (Å²) in [6, 6.07) is 12.7. The minimum atomic E-state index is -4.72. The van der Waals surface area contributed by atoms with Crippen LogP contribution in [-0.4, -0.2) is 13.3 Å². The molecule has 0 aromatic heterocycles. The van der Waals surface area contributed by atoms with Crippen molar-refractivity contribution < 1.29 is 44.6 Å². The van der Waals surface area contributed by atoms with Crippen LogP contribution in [-0.2, 0) is 6.11 Å². The van der Waals surface area contributed by atoms with Gasteiger partial charge < -0.3 is 9.47 Å². The molecule has 0 aliphatic heterocycles. The summed E-state index contributed by atoms with van der Waals surface area (Å²) in [6.07, 6.45) is -4.72. The lowest BCUT2D eigenvalue weighted by Gasteiger charge is -2.20. The molecular formula is C28H18F8O2. The van der Waals surface area contributed by atoms with Crippen molar-refractivity contribution in [3.8, 4) is 33.8 Å². The largest absolute Gasteiger partial charge is 0.485 e. The first kappa shape index (κ1) is 27.0. The SMILES string of the molecule is Cc1ccc(-c2ccc(-c3cc(F)c(C(F)(F)Oc4cc(F)c(OCCF)c(F)c4)c(F)c3)c(F)c2)cc1. The fourth-order valence-electron chi connectivity index (χ4n) is 3.75. The molecule has 0 radical (unpaired) electrons. The Hall–Kier alpha value is -4.08. The molecule has 0 N–H and O–H groups in total. The number of benzene rings is 4. The number of ether oxygens (including phenoxy) is 2. The van der Waals surface area contributed by atoms with Crippen LogP contribution in [0, 0.1) is 36.0 Å². The van der Waals surface area contributed by atoms with Crippen molar-refractivity contribution in [2.75, 3.05) is 13.3 Å². The van der Waals surface area contributed by atoms with Crippen molar-refractivity contribution >= 4 is 0 Å². The highest BCUT2D eigenvalue weighted by Gasteiger charge is 2.41. The maximum absolute atomic E-state index is 14.9. The molecule has 0 bridgehead atoms. The molecule has 0 saturated carbocycles. The molecule has 38 heavy (non-hydrogen) atoms. The van der Waals surface area contributed by atoms with E-state index in [1.54, 1.807) is 12.1 Å². The van der Waals surface area contributed by atoms with Crippen LogP contribution < -0.4 is 9.47 Å². The molecular weight excluding hydrogens is 520 g/mol. The van der Waals surface area contributed by atoms with E-state index in [0.717, 1.165) is 11.6 Å². The van der Waals surface area contributed by atoms with Crippen LogP contribution in [0.25, 0.3) is 22.3 Å². The maximum atomic E-state index is 14.9. The number of halogens is 8. The summed E-state index contributed by atoms with van der Waals surface area (Å²) < 4.78 is 123. The Labute approximate surface area is 212 Å². The Morgan fingerprint density at radius 1 is 0.658 bits per heavy atom. The minimum absolute atomic E-state index is 0.248. The van der Waals surface area contributed by atoms with Crippen LogP contribution in [0.1, 0.15) is 11.1 Å². The lowest BCUT2D eigenvalue weighted by Crippen LogP contribution is -2.25. The molecule has 4 aromatic rings. The van der Waals surface area contributed by atoms with Gasteiger partial charge in [0.2, 0.25) is 0 Å². The second-order valence-electron chi connectivity index (χ2n) is 8.25. The van der Waals surface area contributed by atoms with Gasteiger partial charge in [0, 0.05) is 17.7 Å². The average Bonchev–Trinajstić information content (AvgIpc) is 2.83. The van der Waals surface area contributed by atoms with E-state index in [1.165, 1.54) is 12.1 Å². The standard InChI is InChI=1S/C28H18F8O2/c1-15-2-4-16(5-3-15)17-6-7-20(21(30)10-17)18-11-22(31)26(23(32)12-18)28(35,36)38-19-13-24(33)27(25(34)14-19)37-9-8-29/h2-7,10-14H,8-9H2,1H3. The molecule has 0 amide bonds. The van der Waals surface area contributed by atoms with Crippen LogP contribution in [0.15, 0.2) is 66.7 Å². The first-order valence-electron chi connectivity index (χ1n) is 11.1. The van der Waals surface area contributed by atoms with E-state index in [4.69, 9.17) is 0 Å². The van der Waals surface area contributed by atoms with E-state index < -0.39 is 65.5 Å². The predicted molar refractivity (Wildman–Crippen MR) is 124 cm³/mol. The Kier molecular flexibility index (Phi) is 7.61. The van der Waals surface area contributed by atoms with E-state index in [0.29, 0.717) is 35.4 Å². The molecule has 0 aliphatic carbocycles. The van der Waals surface area contributed by atoms with Crippen LogP contribution in [0.3, 0.4) is 0 Å². The van der Waals surface area contributed by atoms with Crippen LogP contribution in [0.4, 0.5) is 35.1 Å². The van der Waals surface area contributed by atoms with E-state index in [2.05, 4.69) is 9.47 Å². The van der Waals surface area contributed by atoms with Gasteiger partial charge in [0.15, 0.2) is 17.4 Å². The van der Waals surface area contributed by atoms with E-state index in [-0.39, 0.29) is 11.1 Å². The third-order valence-corrected chi connectivity index (χ3v) is 5.54. The fraction of sp³-hybridized carbons (Fsp3) is 0.143. The van der Waals surface area contributed by atoms with Gasteiger partial charge in [-0.25, -0.2) is 26.3 Å². The second-order valence-corrected chi connectivity index (χ2v) is 8.25. The number of hydrogen-bond acceptors (Lipinski definition) is 2. The molecule has 0 heterocycles. The summed E-state index contributed by atoms with van der Waals surface area (Å²) in [5.74, 6) is -9.55. The van der Waals surface area contributed by atoms with Crippen molar-refractivity contribution in [2.45, 2.75) is 13.0 Å². The number of alkyl halides is 3. The Morgan fingerprint density at radius 2 is 1.21 bits per heavy atom. The highest BCUT2D eigenvalue weighted by Crippen LogP contribution is 2.39. The molecule has 2 nitrogen and oxygen atoms in total. The summed E-state index contributed by atoms with van der Waals surface area (Å²) in [5.41, 5.74) is -0.282. The average molecular weight is 538 g/mol. The topological polar surface area (TPSA) is 18.5 Å². The van der Waals surface area contributed by atoms with Gasteiger partial charge in [-0.05, 0) is 41.8 Å². The van der Waals surface area contributed by atoms with Gasteiger partial charge in [-0.1, -0.05) is 42.0 Å². The zero-order valence-corrected chi connectivity index (χ0v) is 19.6.